The van der Waals surface area contributed by atoms with Gasteiger partial charge in [-0.2, -0.15) is 0 Å². The second kappa shape index (κ2) is 6.58. The van der Waals surface area contributed by atoms with Crippen LogP contribution >= 0.6 is 11.6 Å². The summed E-state index contributed by atoms with van der Waals surface area (Å²) >= 11 is 6.08. The second-order valence-electron chi connectivity index (χ2n) is 4.73. The number of nitrogens with zero attached hydrogens (tertiary/aromatic N) is 3. The number of halogens is 1. The number of carbonyl (C=O) groups excluding carboxylic acids is 2. The molecule has 112 valence electrons. The second-order valence-corrected chi connectivity index (χ2v) is 5.08. The lowest BCUT2D eigenvalue weighted by molar-refractivity contribution is -0.118. The molecule has 0 saturated carbocycles. The Labute approximate surface area is 127 Å². The topological polar surface area (TPSA) is 80.7 Å². The number of rotatable bonds is 6. The van der Waals surface area contributed by atoms with E-state index < -0.39 is 5.91 Å². The molecule has 2 heterocycles. The summed E-state index contributed by atoms with van der Waals surface area (Å²) in [5, 5.41) is 0.122. The molecule has 7 heteroatoms. The first-order valence-electron chi connectivity index (χ1n) is 6.74. The van der Waals surface area contributed by atoms with Crippen LogP contribution in [0.5, 0.6) is 0 Å². The van der Waals surface area contributed by atoms with E-state index in [9.17, 15) is 9.59 Å². The number of hydrogen-bond acceptors (Lipinski definition) is 3. The Morgan fingerprint density at radius 2 is 2.19 bits per heavy atom. The van der Waals surface area contributed by atoms with Crippen molar-refractivity contribution >= 4 is 29.1 Å². The molecule has 2 amide bonds. The molecule has 0 radical (unpaired) electrons. The van der Waals surface area contributed by atoms with Crippen LogP contribution < -0.4 is 5.73 Å². The zero-order chi connectivity index (χ0) is 15.4. The van der Waals surface area contributed by atoms with E-state index in [-0.39, 0.29) is 23.3 Å². The van der Waals surface area contributed by atoms with Crippen molar-refractivity contribution in [3.63, 3.8) is 0 Å². The number of imidazole rings is 1. The number of primary amides is 1. The van der Waals surface area contributed by atoms with Crippen molar-refractivity contribution in [2.45, 2.75) is 19.8 Å². The Balaban J connectivity index is 2.37. The summed E-state index contributed by atoms with van der Waals surface area (Å²) in [6, 6.07) is 5.35. The van der Waals surface area contributed by atoms with E-state index >= 15 is 0 Å². The molecular formula is C14H17ClN4O2. The fraction of sp³-hybridized carbons (Fsp3) is 0.357. The van der Waals surface area contributed by atoms with Crippen LogP contribution in [0.3, 0.4) is 0 Å². The molecule has 0 spiro atoms. The monoisotopic (exact) mass is 308 g/mol. The van der Waals surface area contributed by atoms with Crippen molar-refractivity contribution in [2.75, 3.05) is 13.1 Å². The highest BCUT2D eigenvalue weighted by atomic mass is 35.5. The van der Waals surface area contributed by atoms with Crippen LogP contribution in [0.1, 0.15) is 30.3 Å². The van der Waals surface area contributed by atoms with Gasteiger partial charge >= 0.3 is 0 Å². The van der Waals surface area contributed by atoms with Crippen molar-refractivity contribution in [3.8, 4) is 0 Å². The smallest absolute Gasteiger partial charge is 0.274 e. The highest BCUT2D eigenvalue weighted by Crippen LogP contribution is 2.19. The predicted molar refractivity (Wildman–Crippen MR) is 80.2 cm³/mol. The Kier molecular flexibility index (Phi) is 4.80. The minimum absolute atomic E-state index is 0.122. The number of fused-ring (bicyclic) bond motifs is 1. The first-order chi connectivity index (χ1) is 10.0. The standard InChI is InChI=1S/C14H17ClN4O2/c1-2-3-7-18(9-10(16)20)14(21)12-13(15)17-11-6-4-5-8-19(11)12/h4-6,8H,2-3,7,9H2,1H3,(H2,16,20). The average molecular weight is 309 g/mol. The van der Waals surface area contributed by atoms with Crippen molar-refractivity contribution in [3.05, 3.63) is 35.2 Å². The molecule has 0 aliphatic rings. The lowest BCUT2D eigenvalue weighted by atomic mass is 10.3. The van der Waals surface area contributed by atoms with Crippen molar-refractivity contribution < 1.29 is 9.59 Å². The average Bonchev–Trinajstić information content (AvgIpc) is 2.78. The molecule has 2 N–H and O–H groups in total. The van der Waals surface area contributed by atoms with E-state index in [2.05, 4.69) is 4.98 Å². The third kappa shape index (κ3) is 3.33. The Morgan fingerprint density at radius 1 is 1.43 bits per heavy atom. The third-order valence-electron chi connectivity index (χ3n) is 3.11. The van der Waals surface area contributed by atoms with Gasteiger partial charge in [-0.25, -0.2) is 4.98 Å². The van der Waals surface area contributed by atoms with Gasteiger partial charge in [0.2, 0.25) is 5.91 Å². The van der Waals surface area contributed by atoms with Gasteiger partial charge in [0.1, 0.15) is 5.65 Å². The molecular weight excluding hydrogens is 292 g/mol. The maximum atomic E-state index is 12.7. The number of unbranched alkanes of at least 4 members (excludes halogenated alkanes) is 1. The van der Waals surface area contributed by atoms with E-state index in [1.807, 2.05) is 13.0 Å². The molecule has 2 aromatic rings. The molecule has 0 aliphatic carbocycles. The quantitative estimate of drug-likeness (QED) is 0.882. The molecule has 0 aromatic carbocycles. The molecule has 0 saturated heterocycles. The fourth-order valence-corrected chi connectivity index (χ4v) is 2.36. The molecule has 6 nitrogen and oxygen atoms in total. The Hall–Kier alpha value is -2.08. The first-order valence-corrected chi connectivity index (χ1v) is 7.12. The summed E-state index contributed by atoms with van der Waals surface area (Å²) in [7, 11) is 0. The van der Waals surface area contributed by atoms with Gasteiger partial charge in [-0.1, -0.05) is 31.0 Å². The molecule has 2 rings (SSSR count). The molecule has 0 bridgehead atoms. The van der Waals surface area contributed by atoms with E-state index in [4.69, 9.17) is 17.3 Å². The Bertz CT molecular complexity index is 668. The highest BCUT2D eigenvalue weighted by Gasteiger charge is 2.24. The molecule has 0 fully saturated rings. The van der Waals surface area contributed by atoms with Crippen LogP contribution in [0.2, 0.25) is 5.15 Å². The maximum absolute atomic E-state index is 12.7. The predicted octanol–water partition coefficient (Wildman–Crippen LogP) is 1.72. The molecule has 0 unspecified atom stereocenters. The summed E-state index contributed by atoms with van der Waals surface area (Å²) < 4.78 is 1.62. The van der Waals surface area contributed by atoms with Crippen LogP contribution in [0.4, 0.5) is 0 Å². The van der Waals surface area contributed by atoms with Gasteiger partial charge in [-0.3, -0.25) is 14.0 Å². The SMILES string of the molecule is CCCCN(CC(N)=O)C(=O)c1c(Cl)nc2ccccn12. The molecule has 0 aliphatic heterocycles. The van der Waals surface area contributed by atoms with Gasteiger partial charge in [-0.15, -0.1) is 0 Å². The molecule has 21 heavy (non-hydrogen) atoms. The number of pyridine rings is 1. The van der Waals surface area contributed by atoms with Gasteiger partial charge in [-0.05, 0) is 18.6 Å². The summed E-state index contributed by atoms with van der Waals surface area (Å²) in [6.45, 7) is 2.33. The molecule has 2 aromatic heterocycles. The van der Waals surface area contributed by atoms with Gasteiger partial charge in [0, 0.05) is 12.7 Å². The van der Waals surface area contributed by atoms with Crippen LogP contribution in [-0.4, -0.2) is 39.2 Å². The van der Waals surface area contributed by atoms with E-state index in [0.29, 0.717) is 12.2 Å². The summed E-state index contributed by atoms with van der Waals surface area (Å²) in [5.74, 6) is -0.893. The van der Waals surface area contributed by atoms with Gasteiger partial charge < -0.3 is 10.6 Å². The number of hydrogen-bond donors (Lipinski definition) is 1. The van der Waals surface area contributed by atoms with Crippen molar-refractivity contribution in [1.82, 2.24) is 14.3 Å². The van der Waals surface area contributed by atoms with Gasteiger partial charge in [0.05, 0.1) is 6.54 Å². The number of amides is 2. The minimum Gasteiger partial charge on any atom is -0.368 e. The number of aromatic nitrogens is 2. The van der Waals surface area contributed by atoms with Crippen LogP contribution in [0.15, 0.2) is 24.4 Å². The maximum Gasteiger partial charge on any atom is 0.274 e. The fourth-order valence-electron chi connectivity index (χ4n) is 2.10. The largest absolute Gasteiger partial charge is 0.368 e. The van der Waals surface area contributed by atoms with E-state index in [1.165, 1.54) is 4.90 Å². The minimum atomic E-state index is -0.551. The lowest BCUT2D eigenvalue weighted by Crippen LogP contribution is -2.39. The van der Waals surface area contributed by atoms with Crippen molar-refractivity contribution in [2.24, 2.45) is 5.73 Å². The summed E-state index contributed by atoms with van der Waals surface area (Å²) in [4.78, 5) is 29.4. The van der Waals surface area contributed by atoms with E-state index in [0.717, 1.165) is 12.8 Å². The highest BCUT2D eigenvalue weighted by molar-refractivity contribution is 6.32. The normalized spacial score (nSPS) is 10.8. The zero-order valence-corrected chi connectivity index (χ0v) is 12.5. The Morgan fingerprint density at radius 3 is 2.86 bits per heavy atom. The number of carbonyl (C=O) groups is 2. The first kappa shape index (κ1) is 15.3. The zero-order valence-electron chi connectivity index (χ0n) is 11.8. The summed E-state index contributed by atoms with van der Waals surface area (Å²) in [5.41, 5.74) is 6.06. The number of nitrogens with two attached hydrogens (primary N) is 1. The third-order valence-corrected chi connectivity index (χ3v) is 3.37. The van der Waals surface area contributed by atoms with Gasteiger partial charge in [0.25, 0.3) is 5.91 Å². The molecule has 0 atom stereocenters. The lowest BCUT2D eigenvalue weighted by Gasteiger charge is -2.20. The van der Waals surface area contributed by atoms with Gasteiger partial charge in [0.15, 0.2) is 10.8 Å². The summed E-state index contributed by atoms with van der Waals surface area (Å²) in [6.07, 6.45) is 3.40. The van der Waals surface area contributed by atoms with Crippen LogP contribution in [-0.2, 0) is 4.79 Å². The van der Waals surface area contributed by atoms with Crippen LogP contribution in [0.25, 0.3) is 5.65 Å². The van der Waals surface area contributed by atoms with E-state index in [1.54, 1.807) is 22.7 Å². The van der Waals surface area contributed by atoms with Crippen LogP contribution in [0, 0.1) is 0 Å². The van der Waals surface area contributed by atoms with Crippen molar-refractivity contribution in [1.29, 1.82) is 0 Å².